The Balaban J connectivity index is 1.68. The molecule has 1 aliphatic rings. The van der Waals surface area contributed by atoms with Gasteiger partial charge in [-0.2, -0.15) is 0 Å². The summed E-state index contributed by atoms with van der Waals surface area (Å²) < 4.78 is 0. The maximum absolute atomic E-state index is 12.7. The number of nitrogens with one attached hydrogen (secondary N) is 2. The molecule has 0 saturated carbocycles. The van der Waals surface area contributed by atoms with Crippen molar-refractivity contribution in [2.45, 2.75) is 12.8 Å². The lowest BCUT2D eigenvalue weighted by atomic mass is 9.88. The molecule has 1 aliphatic carbocycles. The number of aromatic amines is 1. The van der Waals surface area contributed by atoms with Crippen LogP contribution in [0.25, 0.3) is 16.6 Å². The third kappa shape index (κ3) is 2.36. The highest BCUT2D eigenvalue weighted by Gasteiger charge is 2.23. The largest absolute Gasteiger partial charge is 0.401 e. The van der Waals surface area contributed by atoms with E-state index in [-0.39, 0.29) is 5.91 Å². The van der Waals surface area contributed by atoms with Crippen LogP contribution in [0.15, 0.2) is 54.2 Å². The van der Waals surface area contributed by atoms with Crippen LogP contribution in [0.4, 0.5) is 5.95 Å². The molecule has 5 heteroatoms. The summed E-state index contributed by atoms with van der Waals surface area (Å²) in [5.41, 5.74) is 11.0. The van der Waals surface area contributed by atoms with Gasteiger partial charge in [-0.15, -0.1) is 0 Å². The summed E-state index contributed by atoms with van der Waals surface area (Å²) in [6, 6.07) is 15.5. The molecule has 1 amide bonds. The number of imidazole rings is 1. The van der Waals surface area contributed by atoms with Crippen LogP contribution in [-0.2, 0) is 11.2 Å². The number of carbonyl (C=O) groups excluding carboxylic acids is 1. The van der Waals surface area contributed by atoms with Gasteiger partial charge in [0.2, 0.25) is 5.95 Å². The van der Waals surface area contributed by atoms with Gasteiger partial charge in [0, 0.05) is 5.70 Å². The van der Waals surface area contributed by atoms with Gasteiger partial charge in [0.1, 0.15) is 0 Å². The molecule has 114 valence electrons. The molecule has 3 aromatic rings. The molecule has 1 aromatic heterocycles. The number of hydrogen-bond donors (Lipinski definition) is 3. The van der Waals surface area contributed by atoms with Crippen molar-refractivity contribution < 1.29 is 4.79 Å². The Kier molecular flexibility index (Phi) is 3.12. The van der Waals surface area contributed by atoms with Crippen molar-refractivity contribution in [3.05, 3.63) is 65.4 Å². The minimum Gasteiger partial charge on any atom is -0.401 e. The number of fused-ring (bicyclic) bond motifs is 2. The van der Waals surface area contributed by atoms with Crippen LogP contribution < -0.4 is 11.1 Å². The standard InChI is InChI=1S/C18H16N4O/c19-13-10-9-11-5-1-2-6-12(11)16(13)17(23)22-18-20-14-7-3-4-8-15(14)21-18/h1-8H,9-10,19H2,(H2,20,21,22,23). The van der Waals surface area contributed by atoms with Gasteiger partial charge in [0.05, 0.1) is 16.6 Å². The first-order valence-electron chi connectivity index (χ1n) is 7.55. The number of benzene rings is 2. The van der Waals surface area contributed by atoms with Crippen molar-refractivity contribution in [2.24, 2.45) is 5.73 Å². The highest BCUT2D eigenvalue weighted by Crippen LogP contribution is 2.29. The SMILES string of the molecule is NC1=C(C(=O)Nc2nc3ccccc3[nH]2)c2ccccc2CC1. The van der Waals surface area contributed by atoms with Crippen molar-refractivity contribution in [1.29, 1.82) is 0 Å². The molecule has 23 heavy (non-hydrogen) atoms. The van der Waals surface area contributed by atoms with E-state index in [1.54, 1.807) is 0 Å². The Morgan fingerprint density at radius 3 is 2.74 bits per heavy atom. The monoisotopic (exact) mass is 304 g/mol. The number of amides is 1. The van der Waals surface area contributed by atoms with Gasteiger partial charge >= 0.3 is 0 Å². The third-order valence-electron chi connectivity index (χ3n) is 4.12. The van der Waals surface area contributed by atoms with E-state index < -0.39 is 0 Å². The lowest BCUT2D eigenvalue weighted by Crippen LogP contribution is -2.22. The highest BCUT2D eigenvalue weighted by atomic mass is 16.1. The summed E-state index contributed by atoms with van der Waals surface area (Å²) in [5, 5.41) is 2.83. The molecule has 0 bridgehead atoms. The average Bonchev–Trinajstić information content (AvgIpc) is 2.96. The summed E-state index contributed by atoms with van der Waals surface area (Å²) in [6.07, 6.45) is 1.56. The van der Waals surface area contributed by atoms with E-state index in [1.807, 2.05) is 48.5 Å². The van der Waals surface area contributed by atoms with Crippen LogP contribution >= 0.6 is 0 Å². The average molecular weight is 304 g/mol. The number of hydrogen-bond acceptors (Lipinski definition) is 3. The van der Waals surface area contributed by atoms with Crippen molar-refractivity contribution in [1.82, 2.24) is 9.97 Å². The minimum absolute atomic E-state index is 0.228. The summed E-state index contributed by atoms with van der Waals surface area (Å²) in [4.78, 5) is 20.2. The molecule has 0 spiro atoms. The van der Waals surface area contributed by atoms with Crippen LogP contribution in [0.5, 0.6) is 0 Å². The second kappa shape index (κ2) is 5.28. The van der Waals surface area contributed by atoms with E-state index in [1.165, 1.54) is 0 Å². The van der Waals surface area contributed by atoms with E-state index in [0.29, 0.717) is 23.6 Å². The number of carbonyl (C=O) groups is 1. The van der Waals surface area contributed by atoms with Crippen molar-refractivity contribution >= 4 is 28.5 Å². The first-order chi connectivity index (χ1) is 11.2. The predicted octanol–water partition coefficient (Wildman–Crippen LogP) is 2.82. The molecule has 5 nitrogen and oxygen atoms in total. The number of allylic oxidation sites excluding steroid dienone is 1. The summed E-state index contributed by atoms with van der Waals surface area (Å²) in [7, 11) is 0. The Labute approximate surface area is 133 Å². The number of rotatable bonds is 2. The Bertz CT molecular complexity index is 906. The van der Waals surface area contributed by atoms with E-state index >= 15 is 0 Å². The topological polar surface area (TPSA) is 83.8 Å². The normalized spacial score (nSPS) is 13.9. The molecule has 1 heterocycles. The molecule has 0 saturated heterocycles. The highest BCUT2D eigenvalue weighted by molar-refractivity contribution is 6.26. The van der Waals surface area contributed by atoms with Crippen LogP contribution in [0.1, 0.15) is 17.5 Å². The smallest absolute Gasteiger partial charge is 0.260 e. The Morgan fingerprint density at radius 2 is 1.87 bits per heavy atom. The molecule has 0 aliphatic heterocycles. The van der Waals surface area contributed by atoms with E-state index in [4.69, 9.17) is 5.73 Å². The number of para-hydroxylation sites is 2. The number of aryl methyl sites for hydroxylation is 1. The number of nitrogens with zero attached hydrogens (tertiary/aromatic N) is 1. The summed E-state index contributed by atoms with van der Waals surface area (Å²) in [6.45, 7) is 0. The fourth-order valence-electron chi connectivity index (χ4n) is 3.00. The fourth-order valence-corrected chi connectivity index (χ4v) is 3.00. The first-order valence-corrected chi connectivity index (χ1v) is 7.55. The number of aromatic nitrogens is 2. The Hall–Kier alpha value is -3.08. The minimum atomic E-state index is -0.228. The van der Waals surface area contributed by atoms with Crippen molar-refractivity contribution in [2.75, 3.05) is 5.32 Å². The van der Waals surface area contributed by atoms with Gasteiger partial charge in [-0.05, 0) is 36.1 Å². The second-order valence-corrected chi connectivity index (χ2v) is 5.61. The first kappa shape index (κ1) is 13.6. The second-order valence-electron chi connectivity index (χ2n) is 5.61. The lowest BCUT2D eigenvalue weighted by molar-refractivity contribution is -0.111. The number of anilines is 1. The van der Waals surface area contributed by atoms with Gasteiger partial charge < -0.3 is 10.7 Å². The van der Waals surface area contributed by atoms with Crippen LogP contribution in [0, 0.1) is 0 Å². The van der Waals surface area contributed by atoms with Crippen LogP contribution in [0.3, 0.4) is 0 Å². The van der Waals surface area contributed by atoms with Crippen LogP contribution in [-0.4, -0.2) is 15.9 Å². The predicted molar refractivity (Wildman–Crippen MR) is 90.6 cm³/mol. The van der Waals surface area contributed by atoms with Gasteiger partial charge in [0.25, 0.3) is 5.91 Å². The third-order valence-corrected chi connectivity index (χ3v) is 4.12. The van der Waals surface area contributed by atoms with Crippen molar-refractivity contribution in [3.8, 4) is 0 Å². The zero-order valence-electron chi connectivity index (χ0n) is 12.5. The quantitative estimate of drug-likeness (QED) is 0.680. The molecular weight excluding hydrogens is 288 g/mol. The van der Waals surface area contributed by atoms with Gasteiger partial charge in [-0.25, -0.2) is 4.98 Å². The van der Waals surface area contributed by atoms with Crippen LogP contribution in [0.2, 0.25) is 0 Å². The van der Waals surface area contributed by atoms with Crippen molar-refractivity contribution in [3.63, 3.8) is 0 Å². The zero-order chi connectivity index (χ0) is 15.8. The summed E-state index contributed by atoms with van der Waals surface area (Å²) >= 11 is 0. The Morgan fingerprint density at radius 1 is 1.09 bits per heavy atom. The van der Waals surface area contributed by atoms with Gasteiger partial charge in [-0.3, -0.25) is 10.1 Å². The molecule has 2 aromatic carbocycles. The molecule has 0 atom stereocenters. The van der Waals surface area contributed by atoms with E-state index in [9.17, 15) is 4.79 Å². The van der Waals surface area contributed by atoms with E-state index in [2.05, 4.69) is 15.3 Å². The van der Waals surface area contributed by atoms with E-state index in [0.717, 1.165) is 28.6 Å². The lowest BCUT2D eigenvalue weighted by Gasteiger charge is -2.20. The summed E-state index contributed by atoms with van der Waals surface area (Å²) in [5.74, 6) is 0.202. The molecule has 0 fully saturated rings. The molecule has 0 radical (unpaired) electrons. The fraction of sp³-hybridized carbons (Fsp3) is 0.111. The molecule has 4 N–H and O–H groups in total. The van der Waals surface area contributed by atoms with Gasteiger partial charge in [0.15, 0.2) is 0 Å². The van der Waals surface area contributed by atoms with Gasteiger partial charge in [-0.1, -0.05) is 36.4 Å². The number of H-pyrrole nitrogens is 1. The maximum Gasteiger partial charge on any atom is 0.260 e. The zero-order valence-corrected chi connectivity index (χ0v) is 12.5. The maximum atomic E-state index is 12.7. The number of nitrogens with two attached hydrogens (primary N) is 1. The molecule has 0 unspecified atom stereocenters. The molecular formula is C18H16N4O. The molecule has 4 rings (SSSR count).